The topological polar surface area (TPSA) is 277 Å². The molecule has 7 atom stereocenters. The van der Waals surface area contributed by atoms with Crippen LogP contribution in [0.25, 0.3) is 0 Å². The van der Waals surface area contributed by atoms with E-state index < -0.39 is 132 Å². The van der Waals surface area contributed by atoms with Gasteiger partial charge in [-0.05, 0) is 71.1 Å². The normalized spacial score (nSPS) is 24.8. The molecule has 0 aliphatic carbocycles. The Balaban J connectivity index is 4.01. The summed E-state index contributed by atoms with van der Waals surface area (Å²) in [5, 5.41) is 10.1. The van der Waals surface area contributed by atoms with E-state index in [0.717, 1.165) is 31.5 Å². The average molecular weight is 1040 g/mol. The van der Waals surface area contributed by atoms with Crippen LogP contribution in [-0.2, 0) is 47.8 Å². The summed E-state index contributed by atoms with van der Waals surface area (Å²) in [6.07, 6.45) is 0.0872. The molecule has 4 N–H and O–H groups in total. The molecule has 0 saturated carbocycles. The molecule has 1 rings (SSSR count). The fraction of sp³-hybridized carbons (Fsp3) is 0.776. The lowest BCUT2D eigenvalue weighted by molar-refractivity contribution is -0.152. The second-order valence-electron chi connectivity index (χ2n) is 21.1. The number of urea groups is 3. The third-order valence-electron chi connectivity index (χ3n) is 12.7. The van der Waals surface area contributed by atoms with Crippen molar-refractivity contribution < 1.29 is 62.2 Å². The number of hydrogen-bond donors (Lipinski definition) is 4. The van der Waals surface area contributed by atoms with Gasteiger partial charge in [-0.15, -0.1) is 0 Å². The number of nitrogens with zero attached hydrogens (tertiary/aromatic N) is 7. The standard InChI is InChI=1S/C49H87N11O13/c1-21-72-26-73-49(12,13)24-35-41(64)52-37(29(6)7)44(67)56(16)33(22-27(2)3)40(63)50-31(10)39(62)51-32(11)42(65)57(17)34(23-28(4)5)43(66)60(20)48(71)58(18)38(30(8)9)45(68)59(19)47(70)53-46(69)54(14)25-36(61)55(35)15/h27-35,37-38H,21-26H2,1-20H3,(H,50,63)(H,51,62)(H,52,64)(H,53,69,70)/t31-,32-,33-,34+,35+,37-,38+/m1/s1. The monoisotopic (exact) mass is 1040 g/mol. The smallest absolute Gasteiger partial charge is 0.331 e. The summed E-state index contributed by atoms with van der Waals surface area (Å²) in [7, 11) is 8.81. The lowest BCUT2D eigenvalue weighted by atomic mass is 9.95. The summed E-state index contributed by atoms with van der Waals surface area (Å²) >= 11 is 0. The Hall–Kier alpha value is -5.91. The molecule has 0 spiro atoms. The van der Waals surface area contributed by atoms with Gasteiger partial charge in [0, 0.05) is 62.4 Å². The average Bonchev–Trinajstić information content (AvgIpc) is 3.30. The van der Waals surface area contributed by atoms with E-state index in [1.54, 1.807) is 62.3 Å². The Morgan fingerprint density at radius 3 is 1.58 bits per heavy atom. The molecular formula is C49H87N11O13. The maximum Gasteiger partial charge on any atom is 0.331 e. The number of likely N-dealkylation sites (N-methyl/N-ethyl adjacent to an activating group) is 7. The predicted octanol–water partition coefficient (Wildman–Crippen LogP) is 1.66. The van der Waals surface area contributed by atoms with Crippen LogP contribution in [0.15, 0.2) is 0 Å². The number of imide groups is 3. The van der Waals surface area contributed by atoms with Crippen molar-refractivity contribution >= 4 is 65.4 Å². The molecule has 416 valence electrons. The van der Waals surface area contributed by atoms with Crippen molar-refractivity contribution in [2.24, 2.45) is 23.7 Å². The van der Waals surface area contributed by atoms with Crippen molar-refractivity contribution in [2.75, 3.05) is 69.3 Å². The highest BCUT2D eigenvalue weighted by Gasteiger charge is 2.42. The summed E-state index contributed by atoms with van der Waals surface area (Å²) in [6.45, 7) is 21.3. The van der Waals surface area contributed by atoms with Crippen LogP contribution < -0.4 is 21.3 Å². The van der Waals surface area contributed by atoms with Crippen LogP contribution in [0.4, 0.5) is 14.4 Å². The van der Waals surface area contributed by atoms with E-state index in [9.17, 15) is 52.7 Å². The molecule has 1 heterocycles. The molecule has 1 saturated heterocycles. The fourth-order valence-electron chi connectivity index (χ4n) is 8.04. The van der Waals surface area contributed by atoms with Crippen molar-refractivity contribution in [2.45, 2.75) is 157 Å². The number of ether oxygens (including phenoxy) is 2. The third-order valence-corrected chi connectivity index (χ3v) is 12.7. The van der Waals surface area contributed by atoms with Gasteiger partial charge < -0.3 is 49.9 Å². The zero-order valence-corrected chi connectivity index (χ0v) is 47.0. The minimum atomic E-state index is -1.36. The maximum atomic E-state index is 14.5. The fourth-order valence-corrected chi connectivity index (χ4v) is 8.04. The molecule has 24 heteroatoms. The Bertz CT molecular complexity index is 2000. The Kier molecular flexibility index (Phi) is 25.4. The summed E-state index contributed by atoms with van der Waals surface area (Å²) in [5.41, 5.74) is -1.11. The van der Waals surface area contributed by atoms with Crippen molar-refractivity contribution in [1.29, 1.82) is 0 Å². The molecule has 0 bridgehead atoms. The molecular weight excluding hydrogens is 951 g/mol. The van der Waals surface area contributed by atoms with Gasteiger partial charge in [0.05, 0.1) is 5.60 Å². The molecule has 0 aromatic rings. The summed E-state index contributed by atoms with van der Waals surface area (Å²) in [4.78, 5) is 161. The first-order valence-corrected chi connectivity index (χ1v) is 24.8. The molecule has 14 amide bonds. The van der Waals surface area contributed by atoms with Gasteiger partial charge in [0.15, 0.2) is 0 Å². The number of carbonyl (C=O) groups is 11. The molecule has 0 unspecified atom stereocenters. The first-order valence-electron chi connectivity index (χ1n) is 24.8. The zero-order valence-electron chi connectivity index (χ0n) is 47.0. The van der Waals surface area contributed by atoms with Crippen molar-refractivity contribution in [3.8, 4) is 0 Å². The van der Waals surface area contributed by atoms with E-state index in [0.29, 0.717) is 11.5 Å². The highest BCUT2D eigenvalue weighted by atomic mass is 16.7. The summed E-state index contributed by atoms with van der Waals surface area (Å²) in [6, 6.07) is -12.1. The number of carbonyl (C=O) groups excluding carboxylic acids is 11. The molecule has 1 fully saturated rings. The summed E-state index contributed by atoms with van der Waals surface area (Å²) in [5.74, 6) is -7.64. The van der Waals surface area contributed by atoms with E-state index in [1.807, 2.05) is 13.8 Å². The lowest BCUT2D eigenvalue weighted by Gasteiger charge is -2.37. The van der Waals surface area contributed by atoms with Gasteiger partial charge in [0.2, 0.25) is 35.4 Å². The van der Waals surface area contributed by atoms with Crippen LogP contribution in [0, 0.1) is 23.7 Å². The van der Waals surface area contributed by atoms with Gasteiger partial charge in [-0.2, -0.15) is 0 Å². The molecule has 24 nitrogen and oxygen atoms in total. The summed E-state index contributed by atoms with van der Waals surface area (Å²) < 4.78 is 11.3. The van der Waals surface area contributed by atoms with Crippen molar-refractivity contribution in [1.82, 2.24) is 55.6 Å². The minimum absolute atomic E-state index is 0.0862. The van der Waals surface area contributed by atoms with Crippen molar-refractivity contribution in [3.63, 3.8) is 0 Å². The number of rotatable bonds is 12. The molecule has 0 aromatic carbocycles. The number of nitrogens with one attached hydrogen (secondary N) is 4. The van der Waals surface area contributed by atoms with E-state index in [-0.39, 0.29) is 37.9 Å². The van der Waals surface area contributed by atoms with Crippen LogP contribution in [0.5, 0.6) is 0 Å². The van der Waals surface area contributed by atoms with Gasteiger partial charge in [-0.25, -0.2) is 14.4 Å². The van der Waals surface area contributed by atoms with Crippen LogP contribution >= 0.6 is 0 Å². The largest absolute Gasteiger partial charge is 0.356 e. The maximum absolute atomic E-state index is 14.5. The predicted molar refractivity (Wildman–Crippen MR) is 271 cm³/mol. The van der Waals surface area contributed by atoms with Crippen LogP contribution in [0.1, 0.15) is 109 Å². The van der Waals surface area contributed by atoms with Gasteiger partial charge >= 0.3 is 18.1 Å². The lowest BCUT2D eigenvalue weighted by Crippen LogP contribution is -2.61. The van der Waals surface area contributed by atoms with Crippen molar-refractivity contribution in [3.05, 3.63) is 0 Å². The molecule has 1 aliphatic heterocycles. The van der Waals surface area contributed by atoms with Gasteiger partial charge in [0.25, 0.3) is 11.8 Å². The number of amides is 14. The molecule has 0 radical (unpaired) electrons. The van der Waals surface area contributed by atoms with E-state index in [2.05, 4.69) is 21.3 Å². The van der Waals surface area contributed by atoms with Crippen LogP contribution in [0.3, 0.4) is 0 Å². The zero-order chi connectivity index (χ0) is 56.7. The minimum Gasteiger partial charge on any atom is -0.356 e. The first-order chi connectivity index (χ1) is 33.5. The van der Waals surface area contributed by atoms with Crippen LogP contribution in [-0.4, -0.2) is 217 Å². The highest BCUT2D eigenvalue weighted by Crippen LogP contribution is 2.23. The molecule has 73 heavy (non-hydrogen) atoms. The highest BCUT2D eigenvalue weighted by molar-refractivity contribution is 6.05. The second kappa shape index (κ2) is 28.5. The Morgan fingerprint density at radius 2 is 1.07 bits per heavy atom. The van der Waals surface area contributed by atoms with Gasteiger partial charge in [0.1, 0.15) is 55.6 Å². The van der Waals surface area contributed by atoms with Gasteiger partial charge in [-0.1, -0.05) is 55.4 Å². The van der Waals surface area contributed by atoms with Crippen LogP contribution in [0.2, 0.25) is 0 Å². The Labute approximate surface area is 432 Å². The van der Waals surface area contributed by atoms with E-state index >= 15 is 0 Å². The first kappa shape index (κ1) is 65.1. The number of hydrogen-bond acceptors (Lipinski definition) is 13. The molecule has 1 aliphatic rings. The SMILES string of the molecule is CCOCOC(C)(C)C[C@H]1C(=O)N[C@H](C(C)C)C(=O)N(C)[C@H](CC(C)C)C(=O)N[C@H](C)C(=O)N[C@H](C)C(=O)N(C)[C@@H](CC(C)C)C(=O)N(C)C(=O)N(C)[C@@H](C(C)C)C(=O)N(C)C(=O)NC(=O)N(C)CC(=O)N1C. The molecule has 0 aromatic heterocycles. The Morgan fingerprint density at radius 1 is 0.562 bits per heavy atom. The second-order valence-corrected chi connectivity index (χ2v) is 21.1. The van der Waals surface area contributed by atoms with E-state index in [4.69, 9.17) is 9.47 Å². The van der Waals surface area contributed by atoms with E-state index in [1.165, 1.54) is 61.0 Å². The van der Waals surface area contributed by atoms with Gasteiger partial charge in [-0.3, -0.25) is 53.5 Å². The third kappa shape index (κ3) is 18.5. The quantitative estimate of drug-likeness (QED) is 0.160.